The second kappa shape index (κ2) is 7.84. The van der Waals surface area contributed by atoms with Gasteiger partial charge in [-0.15, -0.1) is 0 Å². The van der Waals surface area contributed by atoms with E-state index in [1.54, 1.807) is 0 Å². The Bertz CT molecular complexity index is 530. The van der Waals surface area contributed by atoms with E-state index in [-0.39, 0.29) is 0 Å². The highest BCUT2D eigenvalue weighted by molar-refractivity contribution is 5.28. The topological polar surface area (TPSA) is 21.3 Å². The minimum Gasteiger partial charge on any atom is -0.489 e. The molecule has 2 aromatic carbocycles. The van der Waals surface area contributed by atoms with Crippen LogP contribution in [0.4, 0.5) is 0 Å². The van der Waals surface area contributed by atoms with Gasteiger partial charge in [-0.3, -0.25) is 0 Å². The minimum atomic E-state index is 0.534. The first-order chi connectivity index (χ1) is 10.2. The third-order valence-corrected chi connectivity index (χ3v) is 3.80. The van der Waals surface area contributed by atoms with E-state index in [0.29, 0.717) is 12.5 Å². The fourth-order valence-electron chi connectivity index (χ4n) is 2.35. The van der Waals surface area contributed by atoms with E-state index in [9.17, 15) is 0 Å². The maximum atomic E-state index is 5.83. The molecule has 112 valence electrons. The summed E-state index contributed by atoms with van der Waals surface area (Å²) in [4.78, 5) is 0. The summed E-state index contributed by atoms with van der Waals surface area (Å²) in [5.74, 6) is 1.46. The molecule has 1 atom stereocenters. The SMILES string of the molecule is CCc1ccc(OCc2ccc(C(C)CNC)cc2)cc1. The number of aryl methyl sites for hydroxylation is 1. The Morgan fingerprint density at radius 3 is 2.14 bits per heavy atom. The lowest BCUT2D eigenvalue weighted by molar-refractivity contribution is 0.306. The van der Waals surface area contributed by atoms with Gasteiger partial charge in [-0.2, -0.15) is 0 Å². The molecule has 2 nitrogen and oxygen atoms in total. The average molecular weight is 283 g/mol. The number of hydrogen-bond donors (Lipinski definition) is 1. The molecule has 0 aliphatic carbocycles. The molecular formula is C19H25NO. The molecule has 1 unspecified atom stereocenters. The maximum absolute atomic E-state index is 5.83. The van der Waals surface area contributed by atoms with Crippen molar-refractivity contribution in [1.29, 1.82) is 0 Å². The highest BCUT2D eigenvalue weighted by Gasteiger charge is 2.04. The highest BCUT2D eigenvalue weighted by Crippen LogP contribution is 2.17. The van der Waals surface area contributed by atoms with Gasteiger partial charge in [-0.05, 0) is 48.2 Å². The molecule has 0 radical (unpaired) electrons. The molecule has 1 N–H and O–H groups in total. The lowest BCUT2D eigenvalue weighted by Gasteiger charge is -2.12. The van der Waals surface area contributed by atoms with Crippen molar-refractivity contribution in [3.63, 3.8) is 0 Å². The van der Waals surface area contributed by atoms with Gasteiger partial charge in [-0.25, -0.2) is 0 Å². The quantitative estimate of drug-likeness (QED) is 0.824. The minimum absolute atomic E-state index is 0.534. The van der Waals surface area contributed by atoms with Crippen LogP contribution >= 0.6 is 0 Å². The largest absolute Gasteiger partial charge is 0.489 e. The maximum Gasteiger partial charge on any atom is 0.119 e. The van der Waals surface area contributed by atoms with Crippen LogP contribution < -0.4 is 10.1 Å². The summed E-state index contributed by atoms with van der Waals surface area (Å²) in [5, 5.41) is 3.21. The molecule has 0 bridgehead atoms. The Morgan fingerprint density at radius 2 is 1.57 bits per heavy atom. The fourth-order valence-corrected chi connectivity index (χ4v) is 2.35. The van der Waals surface area contributed by atoms with Gasteiger partial charge < -0.3 is 10.1 Å². The Balaban J connectivity index is 1.90. The van der Waals surface area contributed by atoms with Crippen LogP contribution in [-0.2, 0) is 13.0 Å². The summed E-state index contributed by atoms with van der Waals surface area (Å²) in [6, 6.07) is 17.0. The van der Waals surface area contributed by atoms with Crippen molar-refractivity contribution in [2.45, 2.75) is 32.8 Å². The average Bonchev–Trinajstić information content (AvgIpc) is 2.54. The number of nitrogens with one attached hydrogen (secondary N) is 1. The van der Waals surface area contributed by atoms with Gasteiger partial charge in [0.15, 0.2) is 0 Å². The number of benzene rings is 2. The second-order valence-corrected chi connectivity index (χ2v) is 5.49. The molecule has 0 amide bonds. The second-order valence-electron chi connectivity index (χ2n) is 5.49. The van der Waals surface area contributed by atoms with E-state index in [4.69, 9.17) is 4.74 Å². The van der Waals surface area contributed by atoms with Crippen molar-refractivity contribution >= 4 is 0 Å². The molecule has 0 heterocycles. The summed E-state index contributed by atoms with van der Waals surface area (Å²) in [7, 11) is 1.99. The van der Waals surface area contributed by atoms with Crippen molar-refractivity contribution < 1.29 is 4.74 Å². The molecule has 0 aliphatic rings. The lowest BCUT2D eigenvalue weighted by Crippen LogP contribution is -2.14. The van der Waals surface area contributed by atoms with Crippen LogP contribution in [0, 0.1) is 0 Å². The molecule has 2 aromatic rings. The predicted molar refractivity (Wildman–Crippen MR) is 88.9 cm³/mol. The third kappa shape index (κ3) is 4.61. The van der Waals surface area contributed by atoms with Crippen molar-refractivity contribution in [2.75, 3.05) is 13.6 Å². The lowest BCUT2D eigenvalue weighted by atomic mass is 10.00. The van der Waals surface area contributed by atoms with Crippen LogP contribution in [0.1, 0.15) is 36.5 Å². The molecule has 0 saturated carbocycles. The fraction of sp³-hybridized carbons (Fsp3) is 0.368. The van der Waals surface area contributed by atoms with E-state index in [0.717, 1.165) is 18.7 Å². The van der Waals surface area contributed by atoms with Crippen LogP contribution in [0.3, 0.4) is 0 Å². The molecule has 0 saturated heterocycles. The molecule has 2 rings (SSSR count). The Hall–Kier alpha value is -1.80. The molecule has 21 heavy (non-hydrogen) atoms. The van der Waals surface area contributed by atoms with Crippen LogP contribution in [0.5, 0.6) is 5.75 Å². The molecular weight excluding hydrogens is 258 g/mol. The first-order valence-electron chi connectivity index (χ1n) is 7.68. The molecule has 0 fully saturated rings. The first kappa shape index (κ1) is 15.6. The summed E-state index contributed by atoms with van der Waals surface area (Å²) in [6.07, 6.45) is 1.06. The normalized spacial score (nSPS) is 12.1. The molecule has 2 heteroatoms. The van der Waals surface area contributed by atoms with Gasteiger partial charge in [0.05, 0.1) is 0 Å². The van der Waals surface area contributed by atoms with E-state index in [1.165, 1.54) is 16.7 Å². The monoisotopic (exact) mass is 283 g/mol. The van der Waals surface area contributed by atoms with Crippen LogP contribution in [-0.4, -0.2) is 13.6 Å². The van der Waals surface area contributed by atoms with Gasteiger partial charge in [0.25, 0.3) is 0 Å². The van der Waals surface area contributed by atoms with E-state index >= 15 is 0 Å². The van der Waals surface area contributed by atoms with Gasteiger partial charge >= 0.3 is 0 Å². The summed E-state index contributed by atoms with van der Waals surface area (Å²) in [5.41, 5.74) is 3.90. The third-order valence-electron chi connectivity index (χ3n) is 3.80. The van der Waals surface area contributed by atoms with E-state index in [1.807, 2.05) is 19.2 Å². The summed E-state index contributed by atoms with van der Waals surface area (Å²) in [6.45, 7) is 6.01. The Morgan fingerprint density at radius 1 is 0.952 bits per heavy atom. The zero-order chi connectivity index (χ0) is 15.1. The molecule has 0 aromatic heterocycles. The summed E-state index contributed by atoms with van der Waals surface area (Å²) >= 11 is 0. The zero-order valence-electron chi connectivity index (χ0n) is 13.2. The number of rotatable bonds is 7. The number of likely N-dealkylation sites (N-methyl/N-ethyl adjacent to an activating group) is 1. The molecule has 0 aliphatic heterocycles. The van der Waals surface area contributed by atoms with Crippen molar-refractivity contribution in [1.82, 2.24) is 5.32 Å². The van der Waals surface area contributed by atoms with Crippen molar-refractivity contribution in [2.24, 2.45) is 0 Å². The van der Waals surface area contributed by atoms with Crippen LogP contribution in [0.25, 0.3) is 0 Å². The van der Waals surface area contributed by atoms with Gasteiger partial charge in [-0.1, -0.05) is 50.2 Å². The van der Waals surface area contributed by atoms with Gasteiger partial charge in [0.2, 0.25) is 0 Å². The van der Waals surface area contributed by atoms with E-state index in [2.05, 4.69) is 55.6 Å². The highest BCUT2D eigenvalue weighted by atomic mass is 16.5. The zero-order valence-corrected chi connectivity index (χ0v) is 13.2. The van der Waals surface area contributed by atoms with Crippen molar-refractivity contribution in [3.8, 4) is 5.75 Å². The molecule has 0 spiro atoms. The summed E-state index contributed by atoms with van der Waals surface area (Å²) < 4.78 is 5.83. The van der Waals surface area contributed by atoms with Gasteiger partial charge in [0.1, 0.15) is 12.4 Å². The smallest absolute Gasteiger partial charge is 0.119 e. The first-order valence-corrected chi connectivity index (χ1v) is 7.68. The Kier molecular flexibility index (Phi) is 5.82. The van der Waals surface area contributed by atoms with Crippen LogP contribution in [0.2, 0.25) is 0 Å². The van der Waals surface area contributed by atoms with Gasteiger partial charge in [0, 0.05) is 6.54 Å². The number of ether oxygens (including phenoxy) is 1. The van der Waals surface area contributed by atoms with Crippen LogP contribution in [0.15, 0.2) is 48.5 Å². The number of hydrogen-bond acceptors (Lipinski definition) is 2. The standard InChI is InChI=1S/C19H25NO/c1-4-16-7-11-19(12-8-16)21-14-17-5-9-18(10-6-17)15(2)13-20-3/h5-12,15,20H,4,13-14H2,1-3H3. The Labute approximate surface area is 128 Å². The van der Waals surface area contributed by atoms with E-state index < -0.39 is 0 Å². The predicted octanol–water partition coefficient (Wildman–Crippen LogP) is 4.15. The van der Waals surface area contributed by atoms with Crippen molar-refractivity contribution in [3.05, 3.63) is 65.2 Å².